The Hall–Kier alpha value is -1.27. The molecule has 0 spiro atoms. The first-order chi connectivity index (χ1) is 8.52. The Morgan fingerprint density at radius 1 is 1.17 bits per heavy atom. The summed E-state index contributed by atoms with van der Waals surface area (Å²) in [6.07, 6.45) is 4.69. The van der Waals surface area contributed by atoms with Crippen LogP contribution in [0.4, 0.5) is 0 Å². The van der Waals surface area contributed by atoms with E-state index in [1.165, 1.54) is 10.6 Å². The third-order valence-corrected chi connectivity index (χ3v) is 3.16. The normalized spacial score (nSPS) is 10.9. The summed E-state index contributed by atoms with van der Waals surface area (Å²) in [4.78, 5) is 0. The van der Waals surface area contributed by atoms with Gasteiger partial charge in [-0.1, -0.05) is 24.0 Å². The van der Waals surface area contributed by atoms with E-state index in [1.54, 1.807) is 26.0 Å². The summed E-state index contributed by atoms with van der Waals surface area (Å²) in [7, 11) is -3.22. The minimum atomic E-state index is -3.22. The van der Waals surface area contributed by atoms with Crippen molar-refractivity contribution in [2.45, 2.75) is 13.8 Å². The van der Waals surface area contributed by atoms with E-state index in [-0.39, 0.29) is 6.54 Å². The summed E-state index contributed by atoms with van der Waals surface area (Å²) in [5.74, 6) is 10.9. The molecule has 0 bridgehead atoms. The fourth-order valence-electron chi connectivity index (χ4n) is 0.995. The number of hydrogen-bond acceptors (Lipinski definition) is 3. The average Bonchev–Trinajstić information content (AvgIpc) is 2.30. The number of rotatable bonds is 7. The summed E-state index contributed by atoms with van der Waals surface area (Å²) in [5, 5.41) is 0. The fourth-order valence-corrected chi connectivity index (χ4v) is 1.65. The molecule has 0 heterocycles. The van der Waals surface area contributed by atoms with Gasteiger partial charge in [-0.25, -0.2) is 8.42 Å². The van der Waals surface area contributed by atoms with Crippen LogP contribution in [-0.4, -0.2) is 45.3 Å². The quantitative estimate of drug-likeness (QED) is 0.391. The predicted octanol–water partition coefficient (Wildman–Crippen LogP) is 0.867. The highest BCUT2D eigenvalue weighted by Crippen LogP contribution is 1.97. The molecule has 18 heavy (non-hydrogen) atoms. The van der Waals surface area contributed by atoms with Gasteiger partial charge in [-0.2, -0.15) is 4.31 Å². The van der Waals surface area contributed by atoms with Crippen LogP contribution in [-0.2, 0) is 14.8 Å². The predicted molar refractivity (Wildman–Crippen MR) is 73.3 cm³/mol. The SMILES string of the molecule is CC#CCOC/C=C/CN(CC#CC)S(C)(=O)=O. The maximum absolute atomic E-state index is 11.4. The van der Waals surface area contributed by atoms with Crippen LogP contribution in [0.15, 0.2) is 12.2 Å². The molecule has 100 valence electrons. The standard InChI is InChI=1S/C13H19NO3S/c1-4-6-10-14(18(3,15)16)11-8-9-13-17-12-7-5-2/h8-9H,10-13H2,1-3H3/b9-8+. The van der Waals surface area contributed by atoms with E-state index in [4.69, 9.17) is 4.74 Å². The van der Waals surface area contributed by atoms with Crippen molar-refractivity contribution in [3.63, 3.8) is 0 Å². The van der Waals surface area contributed by atoms with Gasteiger partial charge in [0.25, 0.3) is 0 Å². The van der Waals surface area contributed by atoms with Gasteiger partial charge in [-0.3, -0.25) is 0 Å². The van der Waals surface area contributed by atoms with Gasteiger partial charge in [-0.15, -0.1) is 11.8 Å². The van der Waals surface area contributed by atoms with Crippen molar-refractivity contribution in [3.8, 4) is 23.7 Å². The van der Waals surface area contributed by atoms with Gasteiger partial charge in [0.1, 0.15) is 6.61 Å². The lowest BCUT2D eigenvalue weighted by atomic mass is 10.5. The van der Waals surface area contributed by atoms with E-state index < -0.39 is 10.0 Å². The third-order valence-electron chi connectivity index (χ3n) is 1.94. The highest BCUT2D eigenvalue weighted by molar-refractivity contribution is 7.88. The largest absolute Gasteiger partial charge is 0.365 e. The maximum Gasteiger partial charge on any atom is 0.212 e. The Bertz CT molecular complexity index is 472. The Labute approximate surface area is 110 Å². The van der Waals surface area contributed by atoms with Crippen molar-refractivity contribution in [2.75, 3.05) is 32.6 Å². The molecule has 0 amide bonds. The van der Waals surface area contributed by atoms with Crippen molar-refractivity contribution in [1.29, 1.82) is 0 Å². The Morgan fingerprint density at radius 2 is 1.83 bits per heavy atom. The smallest absolute Gasteiger partial charge is 0.212 e. The second kappa shape index (κ2) is 9.73. The molecular formula is C13H19NO3S. The summed E-state index contributed by atoms with van der Waals surface area (Å²) >= 11 is 0. The highest BCUT2D eigenvalue weighted by Gasteiger charge is 2.12. The number of sulfonamides is 1. The Morgan fingerprint density at radius 3 is 2.39 bits per heavy atom. The van der Waals surface area contributed by atoms with Crippen molar-refractivity contribution >= 4 is 10.0 Å². The van der Waals surface area contributed by atoms with E-state index >= 15 is 0 Å². The molecule has 0 fully saturated rings. The molecule has 0 aliphatic rings. The maximum atomic E-state index is 11.4. The number of hydrogen-bond donors (Lipinski definition) is 0. The molecule has 4 nitrogen and oxygen atoms in total. The van der Waals surface area contributed by atoms with Crippen LogP contribution < -0.4 is 0 Å². The number of ether oxygens (including phenoxy) is 1. The van der Waals surface area contributed by atoms with Crippen LogP contribution in [0, 0.1) is 23.7 Å². The first kappa shape index (κ1) is 16.7. The summed E-state index contributed by atoms with van der Waals surface area (Å²) in [6.45, 7) is 4.75. The van der Waals surface area contributed by atoms with Gasteiger partial charge >= 0.3 is 0 Å². The summed E-state index contributed by atoms with van der Waals surface area (Å²) < 4.78 is 29.3. The molecule has 0 aliphatic heterocycles. The van der Waals surface area contributed by atoms with E-state index in [0.717, 1.165) is 0 Å². The lowest BCUT2D eigenvalue weighted by Crippen LogP contribution is -2.30. The monoisotopic (exact) mass is 269 g/mol. The Balaban J connectivity index is 4.12. The van der Waals surface area contributed by atoms with Crippen molar-refractivity contribution in [3.05, 3.63) is 12.2 Å². The molecule has 0 aromatic heterocycles. The third kappa shape index (κ3) is 8.83. The first-order valence-electron chi connectivity index (χ1n) is 5.49. The minimum Gasteiger partial charge on any atom is -0.365 e. The lowest BCUT2D eigenvalue weighted by Gasteiger charge is -2.14. The van der Waals surface area contributed by atoms with Gasteiger partial charge in [0.2, 0.25) is 10.0 Å². The number of nitrogens with zero attached hydrogens (tertiary/aromatic N) is 1. The van der Waals surface area contributed by atoms with Gasteiger partial charge < -0.3 is 4.74 Å². The van der Waals surface area contributed by atoms with Crippen LogP contribution >= 0.6 is 0 Å². The van der Waals surface area contributed by atoms with E-state index in [9.17, 15) is 8.42 Å². The highest BCUT2D eigenvalue weighted by atomic mass is 32.2. The zero-order valence-electron chi connectivity index (χ0n) is 11.1. The van der Waals surface area contributed by atoms with Crippen LogP contribution in [0.25, 0.3) is 0 Å². The lowest BCUT2D eigenvalue weighted by molar-refractivity contribution is 0.199. The molecule has 0 aliphatic carbocycles. The topological polar surface area (TPSA) is 46.6 Å². The zero-order valence-corrected chi connectivity index (χ0v) is 11.9. The summed E-state index contributed by atoms with van der Waals surface area (Å²) in [5.41, 5.74) is 0. The zero-order chi connectivity index (χ0) is 13.9. The van der Waals surface area contributed by atoms with Crippen molar-refractivity contribution in [1.82, 2.24) is 4.31 Å². The molecule has 0 unspecified atom stereocenters. The van der Waals surface area contributed by atoms with Crippen LogP contribution in [0.5, 0.6) is 0 Å². The molecule has 0 N–H and O–H groups in total. The molecular weight excluding hydrogens is 250 g/mol. The van der Waals surface area contributed by atoms with Crippen LogP contribution in [0.1, 0.15) is 13.8 Å². The van der Waals surface area contributed by atoms with E-state index in [1.807, 2.05) is 0 Å². The van der Waals surface area contributed by atoms with Gasteiger partial charge in [0, 0.05) is 6.54 Å². The first-order valence-corrected chi connectivity index (χ1v) is 7.34. The molecule has 0 saturated heterocycles. The fraction of sp³-hybridized carbons (Fsp3) is 0.538. The van der Waals surface area contributed by atoms with Gasteiger partial charge in [-0.05, 0) is 13.8 Å². The molecule has 0 radical (unpaired) electrons. The molecule has 0 saturated carbocycles. The molecule has 0 atom stereocenters. The molecule has 5 heteroatoms. The second-order valence-corrected chi connectivity index (χ2v) is 5.38. The van der Waals surface area contributed by atoms with Crippen LogP contribution in [0.3, 0.4) is 0 Å². The van der Waals surface area contributed by atoms with Gasteiger partial charge in [0.15, 0.2) is 0 Å². The molecule has 0 rings (SSSR count). The second-order valence-electron chi connectivity index (χ2n) is 3.40. The van der Waals surface area contributed by atoms with Crippen molar-refractivity contribution < 1.29 is 13.2 Å². The Kier molecular flexibility index (Phi) is 9.04. The van der Waals surface area contributed by atoms with Crippen LogP contribution in [0.2, 0.25) is 0 Å². The van der Waals surface area contributed by atoms with E-state index in [2.05, 4.69) is 23.7 Å². The molecule has 0 aromatic carbocycles. The molecule has 0 aromatic rings. The van der Waals surface area contributed by atoms with Gasteiger partial charge in [0.05, 0.1) is 19.4 Å². The van der Waals surface area contributed by atoms with Crippen molar-refractivity contribution in [2.24, 2.45) is 0 Å². The summed E-state index contributed by atoms with van der Waals surface area (Å²) in [6, 6.07) is 0. The van der Waals surface area contributed by atoms with E-state index in [0.29, 0.717) is 19.8 Å². The minimum absolute atomic E-state index is 0.210. The average molecular weight is 269 g/mol.